The van der Waals surface area contributed by atoms with Crippen molar-refractivity contribution in [1.82, 2.24) is 4.98 Å². The van der Waals surface area contributed by atoms with Gasteiger partial charge in [-0.05, 0) is 38.5 Å². The summed E-state index contributed by atoms with van der Waals surface area (Å²) in [6.07, 6.45) is -2.38. The zero-order valence-electron chi connectivity index (χ0n) is 20.2. The van der Waals surface area contributed by atoms with Crippen LogP contribution in [0.2, 0.25) is 0 Å². The quantitative estimate of drug-likeness (QED) is 0.244. The maximum atomic E-state index is 11.1. The van der Waals surface area contributed by atoms with E-state index in [1.54, 1.807) is 41.7 Å². The van der Waals surface area contributed by atoms with Gasteiger partial charge in [-0.15, -0.1) is 24.5 Å². The fraction of sp³-hybridized carbons (Fsp3) is 0.400. The van der Waals surface area contributed by atoms with Crippen LogP contribution in [0, 0.1) is 19.3 Å². The van der Waals surface area contributed by atoms with Crippen molar-refractivity contribution < 1.29 is 32.9 Å². The topological polar surface area (TPSA) is 104 Å². The van der Waals surface area contributed by atoms with Gasteiger partial charge in [0, 0.05) is 24.7 Å². The molecule has 1 atom stereocenters. The number of rotatable bonds is 10. The van der Waals surface area contributed by atoms with Gasteiger partial charge in [0.05, 0.1) is 28.4 Å². The number of aliphatic carboxylic acids is 1. The van der Waals surface area contributed by atoms with E-state index in [9.17, 15) is 18.0 Å². The average Bonchev–Trinajstić information content (AvgIpc) is 3.08. The number of thiazole rings is 1. The summed E-state index contributed by atoms with van der Waals surface area (Å²) >= 11 is 1.60. The Balaban J connectivity index is 0.000000978. The van der Waals surface area contributed by atoms with Crippen molar-refractivity contribution in [2.75, 3.05) is 6.61 Å². The molecule has 0 spiro atoms. The first-order valence-electron chi connectivity index (χ1n) is 10.7. The second-order valence-corrected chi connectivity index (χ2v) is 8.55. The summed E-state index contributed by atoms with van der Waals surface area (Å²) < 4.78 is 38.7. The van der Waals surface area contributed by atoms with Crippen LogP contribution in [-0.2, 0) is 11.4 Å². The smallest absolute Gasteiger partial charge is 0.392 e. The number of benzene rings is 1. The first kappa shape index (κ1) is 32.0. The van der Waals surface area contributed by atoms with Crippen LogP contribution in [0.4, 0.5) is 13.2 Å². The third-order valence-corrected chi connectivity index (χ3v) is 5.25. The van der Waals surface area contributed by atoms with E-state index >= 15 is 0 Å². The van der Waals surface area contributed by atoms with Gasteiger partial charge in [0.15, 0.2) is 0 Å². The minimum Gasteiger partial charge on any atom is -0.488 e. The Kier molecular flexibility index (Phi) is 15.2. The summed E-state index contributed by atoms with van der Waals surface area (Å²) in [5, 5.41) is 27.1. The van der Waals surface area contributed by atoms with Gasteiger partial charge in [0.1, 0.15) is 12.4 Å². The maximum Gasteiger partial charge on any atom is 0.392 e. The van der Waals surface area contributed by atoms with Crippen LogP contribution in [0.15, 0.2) is 49.6 Å². The molecule has 2 rings (SSSR count). The lowest BCUT2D eigenvalue weighted by atomic mass is 9.89. The number of ether oxygens (including phenoxy) is 1. The number of nitrogens with one attached hydrogen (secondary N) is 1. The fourth-order valence-corrected chi connectivity index (χ4v) is 3.58. The Labute approximate surface area is 208 Å². The summed E-state index contributed by atoms with van der Waals surface area (Å²) in [7, 11) is 0. The van der Waals surface area contributed by atoms with Gasteiger partial charge in [0.25, 0.3) is 0 Å². The fourth-order valence-electron chi connectivity index (χ4n) is 2.73. The molecule has 0 amide bonds. The molecule has 0 saturated heterocycles. The summed E-state index contributed by atoms with van der Waals surface area (Å²) in [4.78, 5) is 16.5. The van der Waals surface area contributed by atoms with E-state index in [-0.39, 0.29) is 25.2 Å². The van der Waals surface area contributed by atoms with E-state index in [1.165, 1.54) is 0 Å². The molecule has 1 aromatic carbocycles. The molecule has 0 bridgehead atoms. The zero-order valence-corrected chi connectivity index (χ0v) is 21.0. The molecule has 0 aliphatic carbocycles. The Morgan fingerprint density at radius 2 is 1.83 bits per heavy atom. The van der Waals surface area contributed by atoms with Crippen LogP contribution in [-0.4, -0.2) is 39.7 Å². The summed E-state index contributed by atoms with van der Waals surface area (Å²) in [5.41, 5.74) is 1.92. The van der Waals surface area contributed by atoms with Gasteiger partial charge in [-0.3, -0.25) is 4.79 Å². The maximum absolute atomic E-state index is 11.1. The number of carboxylic acids is 1. The van der Waals surface area contributed by atoms with Gasteiger partial charge >= 0.3 is 12.1 Å². The van der Waals surface area contributed by atoms with Crippen LogP contribution in [0.25, 0.3) is 0 Å². The van der Waals surface area contributed by atoms with Gasteiger partial charge < -0.3 is 20.4 Å². The van der Waals surface area contributed by atoms with Crippen LogP contribution in [0.1, 0.15) is 53.2 Å². The first-order chi connectivity index (χ1) is 16.4. The van der Waals surface area contributed by atoms with Gasteiger partial charge in [0.2, 0.25) is 0 Å². The number of hydrogen-bond donors (Lipinski definition) is 3. The molecule has 0 aliphatic rings. The second kappa shape index (κ2) is 16.6. The largest absolute Gasteiger partial charge is 0.488 e. The molecule has 1 aromatic heterocycles. The van der Waals surface area contributed by atoms with E-state index in [2.05, 4.69) is 18.1 Å². The molecule has 0 saturated carbocycles. The summed E-state index contributed by atoms with van der Waals surface area (Å²) in [5.74, 6) is -0.828. The predicted octanol–water partition coefficient (Wildman–Crippen LogP) is 6.62. The lowest BCUT2D eigenvalue weighted by Gasteiger charge is -2.17. The molecule has 1 heterocycles. The van der Waals surface area contributed by atoms with E-state index in [0.29, 0.717) is 12.4 Å². The Hall–Kier alpha value is -2.98. The zero-order chi connectivity index (χ0) is 27.0. The number of halogens is 3. The number of carbonyl (C=O) groups is 1. The number of aromatic nitrogens is 1. The number of aryl methyl sites for hydroxylation is 2. The SMILES string of the molecule is C=CC.C=CCC(F)(F)F.Cc1nc(C)c(COc2ccc(C(CC(=O)O)C(=N)CCO)cc2)s1. The van der Waals surface area contributed by atoms with Crippen molar-refractivity contribution in [3.63, 3.8) is 0 Å². The minimum atomic E-state index is -4.07. The predicted molar refractivity (Wildman–Crippen MR) is 134 cm³/mol. The summed E-state index contributed by atoms with van der Waals surface area (Å²) in [6.45, 7) is 12.4. The third-order valence-electron chi connectivity index (χ3n) is 4.21. The van der Waals surface area contributed by atoms with Crippen molar-refractivity contribution in [2.45, 2.75) is 58.7 Å². The highest BCUT2D eigenvalue weighted by Gasteiger charge is 2.24. The molecule has 2 aromatic rings. The Morgan fingerprint density at radius 1 is 1.26 bits per heavy atom. The second-order valence-electron chi connectivity index (χ2n) is 7.26. The highest BCUT2D eigenvalue weighted by Crippen LogP contribution is 2.26. The van der Waals surface area contributed by atoms with Crippen molar-refractivity contribution in [3.05, 3.63) is 70.7 Å². The van der Waals surface area contributed by atoms with E-state index in [0.717, 1.165) is 27.2 Å². The molecule has 10 heteroatoms. The van der Waals surface area contributed by atoms with Gasteiger partial charge in [-0.2, -0.15) is 13.2 Å². The summed E-state index contributed by atoms with van der Waals surface area (Å²) in [6, 6.07) is 7.11. The minimum absolute atomic E-state index is 0.163. The van der Waals surface area contributed by atoms with Crippen molar-refractivity contribution in [1.29, 1.82) is 5.41 Å². The van der Waals surface area contributed by atoms with Crippen LogP contribution in [0.5, 0.6) is 5.75 Å². The molecular weight excluding hydrogens is 481 g/mol. The Bertz CT molecular complexity index is 941. The van der Waals surface area contributed by atoms with E-state index in [1.807, 2.05) is 20.8 Å². The van der Waals surface area contributed by atoms with Crippen LogP contribution >= 0.6 is 11.3 Å². The van der Waals surface area contributed by atoms with E-state index < -0.39 is 24.5 Å². The normalized spacial score (nSPS) is 11.2. The number of carboxylic acid groups (broad SMARTS) is 1. The number of aliphatic hydroxyl groups is 1. The first-order valence-corrected chi connectivity index (χ1v) is 11.5. The molecule has 3 N–H and O–H groups in total. The average molecular weight is 515 g/mol. The number of alkyl halides is 3. The third kappa shape index (κ3) is 14.1. The van der Waals surface area contributed by atoms with Gasteiger partial charge in [-0.1, -0.05) is 24.3 Å². The molecule has 0 aliphatic heterocycles. The van der Waals surface area contributed by atoms with Crippen molar-refractivity contribution in [2.24, 2.45) is 0 Å². The molecule has 0 radical (unpaired) electrons. The standard InChI is InChI=1S/C18H22N2O4S.C4H5F3.C3H6/c1-11-17(25-12(2)20-11)10-24-14-5-3-13(4-6-14)15(9-18(22)23)16(19)7-8-21;1-2-3-4(5,6)7;1-3-2/h3-6,15,19,21H,7-10H2,1-2H3,(H,22,23);2H,1,3H2;3H,1H2,2H3. The highest BCUT2D eigenvalue weighted by molar-refractivity contribution is 7.11. The monoisotopic (exact) mass is 514 g/mol. The van der Waals surface area contributed by atoms with Gasteiger partial charge in [-0.25, -0.2) is 4.98 Å². The Morgan fingerprint density at radius 3 is 2.20 bits per heavy atom. The highest BCUT2D eigenvalue weighted by atomic mass is 32.1. The number of aliphatic hydroxyl groups excluding tert-OH is 1. The van der Waals surface area contributed by atoms with Crippen molar-refractivity contribution in [3.8, 4) is 5.75 Å². The van der Waals surface area contributed by atoms with Crippen molar-refractivity contribution >= 4 is 23.0 Å². The molecular formula is C25H33F3N2O4S. The molecule has 1 unspecified atom stereocenters. The molecule has 35 heavy (non-hydrogen) atoms. The van der Waals surface area contributed by atoms with Crippen LogP contribution < -0.4 is 4.74 Å². The lowest BCUT2D eigenvalue weighted by molar-refractivity contribution is -0.137. The molecule has 0 fully saturated rings. The number of allylic oxidation sites excluding steroid dienone is 2. The lowest BCUT2D eigenvalue weighted by Crippen LogP contribution is -2.17. The van der Waals surface area contributed by atoms with Crippen LogP contribution in [0.3, 0.4) is 0 Å². The molecule has 6 nitrogen and oxygen atoms in total. The molecule has 194 valence electrons. The number of nitrogens with zero attached hydrogens (tertiary/aromatic N) is 1. The van der Waals surface area contributed by atoms with E-state index in [4.69, 9.17) is 20.4 Å². The number of hydrogen-bond acceptors (Lipinski definition) is 6.